The summed E-state index contributed by atoms with van der Waals surface area (Å²) in [6, 6.07) is 2.31. The zero-order valence-electron chi connectivity index (χ0n) is 12.2. The first-order chi connectivity index (χ1) is 9.10. The van der Waals surface area contributed by atoms with Crippen molar-refractivity contribution in [2.75, 3.05) is 32.2 Å². The van der Waals surface area contributed by atoms with Crippen molar-refractivity contribution in [1.29, 1.82) is 0 Å². The highest BCUT2D eigenvalue weighted by Gasteiger charge is 2.12. The lowest BCUT2D eigenvalue weighted by Crippen LogP contribution is -2.33. The van der Waals surface area contributed by atoms with Crippen LogP contribution in [0.4, 0.5) is 5.82 Å². The van der Waals surface area contributed by atoms with E-state index in [0.717, 1.165) is 30.9 Å². The molecule has 5 heteroatoms. The van der Waals surface area contributed by atoms with E-state index in [1.165, 1.54) is 0 Å². The Morgan fingerprint density at radius 3 is 2.89 bits per heavy atom. The number of hydrogen-bond donors (Lipinski definition) is 1. The van der Waals surface area contributed by atoms with Gasteiger partial charge in [-0.2, -0.15) is 0 Å². The minimum atomic E-state index is 0.273. The highest BCUT2D eigenvalue weighted by Crippen LogP contribution is 2.21. The van der Waals surface area contributed by atoms with Crippen LogP contribution in [0.25, 0.3) is 0 Å². The van der Waals surface area contributed by atoms with Crippen LogP contribution >= 0.6 is 11.6 Å². The Kier molecular flexibility index (Phi) is 7.13. The van der Waals surface area contributed by atoms with Crippen LogP contribution in [0.5, 0.6) is 0 Å². The molecule has 1 heterocycles. The molecule has 0 bridgehead atoms. The highest BCUT2D eigenvalue weighted by molar-refractivity contribution is 6.31. The molecule has 0 saturated carbocycles. The summed E-state index contributed by atoms with van der Waals surface area (Å²) in [5, 5.41) is 4.07. The SMILES string of the molecule is CCCNCc1cc(N(C)C(C)COC)ncc1Cl. The third kappa shape index (κ3) is 4.97. The Bertz CT molecular complexity index is 387. The summed E-state index contributed by atoms with van der Waals surface area (Å²) in [6.45, 7) is 6.68. The lowest BCUT2D eigenvalue weighted by molar-refractivity contribution is 0.183. The summed E-state index contributed by atoms with van der Waals surface area (Å²) in [4.78, 5) is 6.48. The third-order valence-electron chi connectivity index (χ3n) is 3.09. The number of halogens is 1. The number of nitrogens with one attached hydrogen (secondary N) is 1. The average Bonchev–Trinajstić information content (AvgIpc) is 2.40. The molecule has 0 amide bonds. The van der Waals surface area contributed by atoms with Gasteiger partial charge in [-0.15, -0.1) is 0 Å². The molecular formula is C14H24ClN3O. The van der Waals surface area contributed by atoms with Gasteiger partial charge in [0.15, 0.2) is 0 Å². The van der Waals surface area contributed by atoms with Crippen molar-refractivity contribution in [1.82, 2.24) is 10.3 Å². The maximum Gasteiger partial charge on any atom is 0.128 e. The minimum Gasteiger partial charge on any atom is -0.383 e. The number of hydrogen-bond acceptors (Lipinski definition) is 4. The largest absolute Gasteiger partial charge is 0.383 e. The number of ether oxygens (including phenoxy) is 1. The van der Waals surface area contributed by atoms with E-state index in [0.29, 0.717) is 11.6 Å². The van der Waals surface area contributed by atoms with Crippen molar-refractivity contribution < 1.29 is 4.74 Å². The van der Waals surface area contributed by atoms with E-state index in [-0.39, 0.29) is 6.04 Å². The van der Waals surface area contributed by atoms with E-state index in [9.17, 15) is 0 Å². The predicted octanol–water partition coefficient (Wildman–Crippen LogP) is 2.71. The second-order valence-electron chi connectivity index (χ2n) is 4.73. The van der Waals surface area contributed by atoms with Gasteiger partial charge < -0.3 is 15.0 Å². The molecule has 1 aromatic heterocycles. The quantitative estimate of drug-likeness (QED) is 0.745. The average molecular weight is 286 g/mol. The van der Waals surface area contributed by atoms with E-state index < -0.39 is 0 Å². The first kappa shape index (κ1) is 16.2. The number of aromatic nitrogens is 1. The molecule has 4 nitrogen and oxygen atoms in total. The summed E-state index contributed by atoms with van der Waals surface area (Å²) in [6.07, 6.45) is 2.83. The first-order valence-electron chi connectivity index (χ1n) is 6.67. The topological polar surface area (TPSA) is 37.4 Å². The molecule has 1 rings (SSSR count). The number of anilines is 1. The van der Waals surface area contributed by atoms with E-state index in [2.05, 4.69) is 29.0 Å². The van der Waals surface area contributed by atoms with Gasteiger partial charge in [0.25, 0.3) is 0 Å². The van der Waals surface area contributed by atoms with E-state index in [1.54, 1.807) is 13.3 Å². The molecular weight excluding hydrogens is 262 g/mol. The monoisotopic (exact) mass is 285 g/mol. The zero-order valence-corrected chi connectivity index (χ0v) is 13.0. The summed E-state index contributed by atoms with van der Waals surface area (Å²) >= 11 is 6.17. The third-order valence-corrected chi connectivity index (χ3v) is 3.43. The number of nitrogens with zero attached hydrogens (tertiary/aromatic N) is 2. The summed E-state index contributed by atoms with van der Waals surface area (Å²) in [5.41, 5.74) is 1.08. The van der Waals surface area contributed by atoms with Gasteiger partial charge >= 0.3 is 0 Å². The molecule has 0 aromatic carbocycles. The van der Waals surface area contributed by atoms with Gasteiger partial charge in [-0.1, -0.05) is 18.5 Å². The standard InChI is InChI=1S/C14H24ClN3O/c1-5-6-16-8-12-7-14(17-9-13(12)15)18(3)11(2)10-19-4/h7,9,11,16H,5-6,8,10H2,1-4H3. The van der Waals surface area contributed by atoms with Gasteiger partial charge in [0, 0.05) is 26.9 Å². The zero-order chi connectivity index (χ0) is 14.3. The van der Waals surface area contributed by atoms with Crippen LogP contribution in [-0.2, 0) is 11.3 Å². The van der Waals surface area contributed by atoms with E-state index in [1.807, 2.05) is 13.1 Å². The summed E-state index contributed by atoms with van der Waals surface area (Å²) in [7, 11) is 3.73. The van der Waals surface area contributed by atoms with Crippen LogP contribution in [0.2, 0.25) is 5.02 Å². The normalized spacial score (nSPS) is 12.5. The summed E-state index contributed by atoms with van der Waals surface area (Å²) < 4.78 is 5.17. The van der Waals surface area contributed by atoms with Gasteiger partial charge in [0.05, 0.1) is 17.7 Å². The van der Waals surface area contributed by atoms with Crippen molar-refractivity contribution >= 4 is 17.4 Å². The number of likely N-dealkylation sites (N-methyl/N-ethyl adjacent to an activating group) is 1. The van der Waals surface area contributed by atoms with Crippen molar-refractivity contribution in [2.45, 2.75) is 32.9 Å². The fourth-order valence-corrected chi connectivity index (χ4v) is 1.94. The Morgan fingerprint density at radius 1 is 1.53 bits per heavy atom. The summed E-state index contributed by atoms with van der Waals surface area (Å²) in [5.74, 6) is 0.919. The van der Waals surface area contributed by atoms with Crippen molar-refractivity contribution in [3.63, 3.8) is 0 Å². The Morgan fingerprint density at radius 2 is 2.26 bits per heavy atom. The van der Waals surface area contributed by atoms with Gasteiger partial charge in [-0.25, -0.2) is 4.98 Å². The van der Waals surface area contributed by atoms with Crippen LogP contribution in [0, 0.1) is 0 Å². The molecule has 1 unspecified atom stereocenters. The second kappa shape index (κ2) is 8.35. The molecule has 0 aliphatic heterocycles. The predicted molar refractivity (Wildman–Crippen MR) is 81.0 cm³/mol. The van der Waals surface area contributed by atoms with Crippen LogP contribution in [0.3, 0.4) is 0 Å². The molecule has 0 saturated heterocycles. The maximum atomic E-state index is 6.17. The van der Waals surface area contributed by atoms with Gasteiger partial charge in [0.2, 0.25) is 0 Å². The molecule has 0 fully saturated rings. The highest BCUT2D eigenvalue weighted by atomic mass is 35.5. The maximum absolute atomic E-state index is 6.17. The fraction of sp³-hybridized carbons (Fsp3) is 0.643. The fourth-order valence-electron chi connectivity index (χ4n) is 1.77. The van der Waals surface area contributed by atoms with Gasteiger partial charge in [-0.3, -0.25) is 0 Å². The Labute approximate surface area is 121 Å². The first-order valence-corrected chi connectivity index (χ1v) is 7.04. The second-order valence-corrected chi connectivity index (χ2v) is 5.13. The molecule has 0 spiro atoms. The molecule has 19 heavy (non-hydrogen) atoms. The van der Waals surface area contributed by atoms with Crippen molar-refractivity contribution in [3.05, 3.63) is 22.8 Å². The van der Waals surface area contributed by atoms with Crippen LogP contribution in [-0.4, -0.2) is 38.3 Å². The number of rotatable bonds is 8. The molecule has 1 N–H and O–H groups in total. The molecule has 1 aromatic rings. The Balaban J connectivity index is 2.76. The van der Waals surface area contributed by atoms with E-state index in [4.69, 9.17) is 16.3 Å². The molecule has 0 aliphatic rings. The minimum absolute atomic E-state index is 0.273. The van der Waals surface area contributed by atoms with Crippen LogP contribution in [0.15, 0.2) is 12.3 Å². The van der Waals surface area contributed by atoms with Crippen molar-refractivity contribution in [3.8, 4) is 0 Å². The van der Waals surface area contributed by atoms with Crippen LogP contribution < -0.4 is 10.2 Å². The van der Waals surface area contributed by atoms with Crippen molar-refractivity contribution in [2.24, 2.45) is 0 Å². The number of pyridine rings is 1. The lowest BCUT2D eigenvalue weighted by atomic mass is 10.2. The molecule has 108 valence electrons. The van der Waals surface area contributed by atoms with Gasteiger partial charge in [0.1, 0.15) is 5.82 Å². The van der Waals surface area contributed by atoms with Crippen LogP contribution in [0.1, 0.15) is 25.8 Å². The van der Waals surface area contributed by atoms with E-state index >= 15 is 0 Å². The van der Waals surface area contributed by atoms with Gasteiger partial charge in [-0.05, 0) is 31.5 Å². The Hall–Kier alpha value is -0.840. The molecule has 0 aliphatic carbocycles. The number of methoxy groups -OCH3 is 1. The molecule has 0 radical (unpaired) electrons. The smallest absolute Gasteiger partial charge is 0.128 e. The lowest BCUT2D eigenvalue weighted by Gasteiger charge is -2.25. The molecule has 1 atom stereocenters.